The first-order valence-electron chi connectivity index (χ1n) is 6.91. The monoisotopic (exact) mass is 279 g/mol. The minimum atomic E-state index is -1.12. The minimum Gasteiger partial charge on any atom is -0.480 e. The predicted octanol–water partition coefficient (Wildman–Crippen LogP) is 1.25. The van der Waals surface area contributed by atoms with Crippen molar-refractivity contribution in [2.45, 2.75) is 51.6 Å². The molecule has 2 N–H and O–H groups in total. The van der Waals surface area contributed by atoms with Crippen LogP contribution in [0.15, 0.2) is 11.8 Å². The number of carboxylic acid groups (broad SMARTS) is 1. The van der Waals surface area contributed by atoms with Crippen LogP contribution in [0.1, 0.15) is 39.5 Å². The van der Waals surface area contributed by atoms with E-state index in [9.17, 15) is 9.59 Å². The van der Waals surface area contributed by atoms with Crippen molar-refractivity contribution in [2.75, 3.05) is 6.54 Å². The molecule has 20 heavy (non-hydrogen) atoms. The number of piperidine rings is 1. The molecular formula is C14H21N3O3. The van der Waals surface area contributed by atoms with Crippen molar-refractivity contribution in [2.24, 2.45) is 0 Å². The molecule has 0 aromatic heterocycles. The summed E-state index contributed by atoms with van der Waals surface area (Å²) in [5.74, 6) is -1.76. The van der Waals surface area contributed by atoms with Crippen LogP contribution in [-0.2, 0) is 9.59 Å². The maximum atomic E-state index is 11.9. The number of carbonyl (C=O) groups excluding carboxylic acids is 1. The highest BCUT2D eigenvalue weighted by Gasteiger charge is 2.22. The first-order chi connectivity index (χ1) is 9.49. The summed E-state index contributed by atoms with van der Waals surface area (Å²) in [6, 6.07) is 1.19. The van der Waals surface area contributed by atoms with Gasteiger partial charge in [-0.25, -0.2) is 0 Å². The van der Waals surface area contributed by atoms with Crippen molar-refractivity contribution in [1.82, 2.24) is 10.2 Å². The van der Waals surface area contributed by atoms with Gasteiger partial charge >= 0.3 is 5.97 Å². The van der Waals surface area contributed by atoms with Crippen molar-refractivity contribution in [1.29, 1.82) is 5.26 Å². The molecule has 0 aromatic rings. The molecule has 1 rings (SSSR count). The quantitative estimate of drug-likeness (QED) is 0.583. The van der Waals surface area contributed by atoms with Crippen LogP contribution in [0.5, 0.6) is 0 Å². The zero-order valence-corrected chi connectivity index (χ0v) is 11.9. The summed E-state index contributed by atoms with van der Waals surface area (Å²) in [6.45, 7) is 4.27. The maximum Gasteiger partial charge on any atom is 0.325 e. The van der Waals surface area contributed by atoms with Gasteiger partial charge in [-0.05, 0) is 32.6 Å². The molecule has 0 saturated carbocycles. The fourth-order valence-corrected chi connectivity index (χ4v) is 2.27. The lowest BCUT2D eigenvalue weighted by Crippen LogP contribution is -2.40. The van der Waals surface area contributed by atoms with E-state index < -0.39 is 17.9 Å². The number of carbonyl (C=O) groups is 2. The van der Waals surface area contributed by atoms with Crippen molar-refractivity contribution >= 4 is 11.9 Å². The first kappa shape index (κ1) is 16.0. The largest absolute Gasteiger partial charge is 0.480 e. The van der Waals surface area contributed by atoms with Crippen LogP contribution in [0.4, 0.5) is 0 Å². The fourth-order valence-electron chi connectivity index (χ4n) is 2.27. The molecule has 1 aliphatic rings. The number of nitriles is 1. The lowest BCUT2D eigenvalue weighted by Gasteiger charge is -2.34. The highest BCUT2D eigenvalue weighted by Crippen LogP contribution is 2.20. The SMILES string of the molecule is CCC1CCCCN1/C=C(/C#N)C(=O)NC(C)C(=O)O. The van der Waals surface area contributed by atoms with Gasteiger partial charge in [-0.3, -0.25) is 9.59 Å². The molecule has 0 radical (unpaired) electrons. The molecule has 110 valence electrons. The molecule has 1 heterocycles. The molecule has 1 amide bonds. The Labute approximate surface area is 119 Å². The van der Waals surface area contributed by atoms with Crippen LogP contribution in [0, 0.1) is 11.3 Å². The van der Waals surface area contributed by atoms with Gasteiger partial charge in [0.05, 0.1) is 0 Å². The Kier molecular flexibility index (Phi) is 6.04. The van der Waals surface area contributed by atoms with E-state index in [1.54, 1.807) is 6.20 Å². The summed E-state index contributed by atoms with van der Waals surface area (Å²) < 4.78 is 0. The average Bonchev–Trinajstić information content (AvgIpc) is 2.44. The van der Waals surface area contributed by atoms with E-state index in [-0.39, 0.29) is 5.57 Å². The van der Waals surface area contributed by atoms with Gasteiger partial charge in [0, 0.05) is 18.8 Å². The molecular weight excluding hydrogens is 258 g/mol. The molecule has 6 heteroatoms. The van der Waals surface area contributed by atoms with Gasteiger partial charge in [0.25, 0.3) is 5.91 Å². The maximum absolute atomic E-state index is 11.9. The van der Waals surface area contributed by atoms with Crippen molar-refractivity contribution in [3.05, 3.63) is 11.8 Å². The summed E-state index contributed by atoms with van der Waals surface area (Å²) in [5.41, 5.74) is -0.0431. The summed E-state index contributed by atoms with van der Waals surface area (Å²) in [7, 11) is 0. The molecule has 1 fully saturated rings. The van der Waals surface area contributed by atoms with Crippen LogP contribution in [0.25, 0.3) is 0 Å². The number of aliphatic carboxylic acids is 1. The molecule has 1 saturated heterocycles. The van der Waals surface area contributed by atoms with Crippen molar-refractivity contribution < 1.29 is 14.7 Å². The first-order valence-corrected chi connectivity index (χ1v) is 6.91. The Hall–Kier alpha value is -2.03. The third-order valence-electron chi connectivity index (χ3n) is 3.52. The number of likely N-dealkylation sites (tertiary alicyclic amines) is 1. The topological polar surface area (TPSA) is 93.4 Å². The Morgan fingerprint density at radius 3 is 2.80 bits per heavy atom. The Bertz CT molecular complexity index is 439. The van der Waals surface area contributed by atoms with Gasteiger partial charge in [-0.2, -0.15) is 5.26 Å². The molecule has 2 unspecified atom stereocenters. The normalized spacial score (nSPS) is 20.9. The molecule has 2 atom stereocenters. The number of rotatable bonds is 5. The van der Waals surface area contributed by atoms with E-state index in [1.165, 1.54) is 6.92 Å². The van der Waals surface area contributed by atoms with Crippen molar-refractivity contribution in [3.63, 3.8) is 0 Å². The third-order valence-corrected chi connectivity index (χ3v) is 3.52. The number of nitrogens with zero attached hydrogens (tertiary/aromatic N) is 2. The van der Waals surface area contributed by atoms with Gasteiger partial charge in [0.1, 0.15) is 17.7 Å². The minimum absolute atomic E-state index is 0.0431. The second-order valence-corrected chi connectivity index (χ2v) is 4.98. The van der Waals surface area contributed by atoms with Crippen molar-refractivity contribution in [3.8, 4) is 6.07 Å². The molecule has 0 aromatic carbocycles. The fraction of sp³-hybridized carbons (Fsp3) is 0.643. The number of amides is 1. The van der Waals surface area contributed by atoms with Crippen LogP contribution in [0.3, 0.4) is 0 Å². The van der Waals surface area contributed by atoms with Crippen LogP contribution in [-0.4, -0.2) is 40.5 Å². The van der Waals surface area contributed by atoms with E-state index in [1.807, 2.05) is 11.0 Å². The van der Waals surface area contributed by atoms with Gasteiger partial charge < -0.3 is 15.3 Å². The second-order valence-electron chi connectivity index (χ2n) is 4.98. The predicted molar refractivity (Wildman–Crippen MR) is 73.6 cm³/mol. The lowest BCUT2D eigenvalue weighted by molar-refractivity contribution is -0.140. The van der Waals surface area contributed by atoms with Gasteiger partial charge in [0.15, 0.2) is 0 Å². The Balaban J connectivity index is 2.78. The lowest BCUT2D eigenvalue weighted by atomic mass is 10.0. The van der Waals surface area contributed by atoms with E-state index in [4.69, 9.17) is 10.4 Å². The number of carboxylic acids is 1. The Morgan fingerprint density at radius 2 is 2.25 bits per heavy atom. The van der Waals surface area contributed by atoms with Crippen LogP contribution < -0.4 is 5.32 Å². The summed E-state index contributed by atoms with van der Waals surface area (Å²) in [6.07, 6.45) is 5.78. The van der Waals surface area contributed by atoms with E-state index in [0.29, 0.717) is 6.04 Å². The zero-order chi connectivity index (χ0) is 15.1. The van der Waals surface area contributed by atoms with Gasteiger partial charge in [0.2, 0.25) is 0 Å². The highest BCUT2D eigenvalue weighted by atomic mass is 16.4. The van der Waals surface area contributed by atoms with E-state index >= 15 is 0 Å². The van der Waals surface area contributed by atoms with Crippen LogP contribution >= 0.6 is 0 Å². The average molecular weight is 279 g/mol. The molecule has 0 aliphatic carbocycles. The number of hydrogen-bond donors (Lipinski definition) is 2. The molecule has 0 spiro atoms. The van der Waals surface area contributed by atoms with E-state index in [0.717, 1.165) is 32.2 Å². The summed E-state index contributed by atoms with van der Waals surface area (Å²) in [4.78, 5) is 24.6. The van der Waals surface area contributed by atoms with Gasteiger partial charge in [-0.15, -0.1) is 0 Å². The van der Waals surface area contributed by atoms with Crippen LogP contribution in [0.2, 0.25) is 0 Å². The van der Waals surface area contributed by atoms with E-state index in [2.05, 4.69) is 12.2 Å². The Morgan fingerprint density at radius 1 is 1.55 bits per heavy atom. The molecule has 1 aliphatic heterocycles. The molecule has 6 nitrogen and oxygen atoms in total. The highest BCUT2D eigenvalue weighted by molar-refractivity contribution is 5.99. The second kappa shape index (κ2) is 7.53. The molecule has 0 bridgehead atoms. The number of nitrogens with one attached hydrogen (secondary N) is 1. The van der Waals surface area contributed by atoms with Gasteiger partial charge in [-0.1, -0.05) is 6.92 Å². The number of hydrogen-bond acceptors (Lipinski definition) is 4. The zero-order valence-electron chi connectivity index (χ0n) is 11.9. The summed E-state index contributed by atoms with van der Waals surface area (Å²) >= 11 is 0. The third kappa shape index (κ3) is 4.26. The smallest absolute Gasteiger partial charge is 0.325 e. The standard InChI is InChI=1S/C14H21N3O3/c1-3-12-6-4-5-7-17(12)9-11(8-15)13(18)16-10(2)14(19)20/h9-10,12H,3-7H2,1-2H3,(H,16,18)(H,19,20)/b11-9-. The summed E-state index contributed by atoms with van der Waals surface area (Å²) in [5, 5.41) is 20.1.